The molecule has 1 aromatic rings. The molecule has 0 radical (unpaired) electrons. The fourth-order valence-corrected chi connectivity index (χ4v) is 2.94. The number of benzene rings is 1. The first-order valence-electron chi connectivity index (χ1n) is 8.72. The Balaban J connectivity index is 1.77. The van der Waals surface area contributed by atoms with Gasteiger partial charge in [0.25, 0.3) is 0 Å². The average molecular weight is 354 g/mol. The van der Waals surface area contributed by atoms with Crippen LogP contribution in [0.15, 0.2) is 12.1 Å². The summed E-state index contributed by atoms with van der Waals surface area (Å²) in [5.74, 6) is -1.22. The van der Waals surface area contributed by atoms with Gasteiger partial charge in [-0.1, -0.05) is 6.07 Å². The highest BCUT2D eigenvalue weighted by atomic mass is 19.1. The summed E-state index contributed by atoms with van der Waals surface area (Å²) < 4.78 is 27.7. The van der Waals surface area contributed by atoms with Crippen LogP contribution in [0.2, 0.25) is 0 Å². The second kappa shape index (κ2) is 9.10. The highest BCUT2D eigenvalue weighted by Crippen LogP contribution is 2.16. The Morgan fingerprint density at radius 2 is 1.88 bits per heavy atom. The van der Waals surface area contributed by atoms with Crippen molar-refractivity contribution >= 4 is 6.03 Å². The van der Waals surface area contributed by atoms with Crippen molar-refractivity contribution in [3.8, 4) is 0 Å². The number of carbonyl (C=O) groups is 1. The molecule has 140 valence electrons. The molecule has 7 heteroatoms. The van der Waals surface area contributed by atoms with Crippen molar-refractivity contribution < 1.29 is 13.6 Å². The van der Waals surface area contributed by atoms with Gasteiger partial charge in [-0.2, -0.15) is 0 Å². The topological polar surface area (TPSA) is 38.8 Å². The SMILES string of the molecule is Cc1ccc(F)c(CNC(=O)N2CCN(CCCN(C)C)CC2)c1F. The van der Waals surface area contributed by atoms with Crippen LogP contribution in [0.5, 0.6) is 0 Å². The van der Waals surface area contributed by atoms with Crippen molar-refractivity contribution in [1.29, 1.82) is 0 Å². The fraction of sp³-hybridized carbons (Fsp3) is 0.611. The lowest BCUT2D eigenvalue weighted by molar-refractivity contribution is 0.136. The van der Waals surface area contributed by atoms with Gasteiger partial charge < -0.3 is 15.1 Å². The van der Waals surface area contributed by atoms with Crippen LogP contribution in [0.3, 0.4) is 0 Å². The van der Waals surface area contributed by atoms with Crippen LogP contribution in [0.4, 0.5) is 13.6 Å². The molecule has 1 N–H and O–H groups in total. The zero-order valence-corrected chi connectivity index (χ0v) is 15.3. The number of urea groups is 1. The normalized spacial score (nSPS) is 15.7. The molecule has 2 amide bonds. The Hall–Kier alpha value is -1.73. The number of rotatable bonds is 6. The molecule has 1 aromatic carbocycles. The quantitative estimate of drug-likeness (QED) is 0.850. The number of piperazine rings is 1. The summed E-state index contributed by atoms with van der Waals surface area (Å²) in [6.07, 6.45) is 1.10. The Morgan fingerprint density at radius 3 is 2.52 bits per heavy atom. The molecule has 0 spiro atoms. The van der Waals surface area contributed by atoms with E-state index in [1.165, 1.54) is 12.1 Å². The van der Waals surface area contributed by atoms with Gasteiger partial charge in [-0.05, 0) is 52.2 Å². The maximum Gasteiger partial charge on any atom is 0.317 e. The molecule has 1 aliphatic rings. The molecular weight excluding hydrogens is 326 g/mol. The number of halogens is 2. The van der Waals surface area contributed by atoms with Gasteiger partial charge in [0.05, 0.1) is 6.54 Å². The van der Waals surface area contributed by atoms with Crippen molar-refractivity contribution in [3.63, 3.8) is 0 Å². The number of aryl methyl sites for hydroxylation is 1. The zero-order chi connectivity index (χ0) is 18.4. The molecule has 0 atom stereocenters. The van der Waals surface area contributed by atoms with E-state index in [2.05, 4.69) is 29.2 Å². The highest BCUT2D eigenvalue weighted by Gasteiger charge is 2.21. The fourth-order valence-electron chi connectivity index (χ4n) is 2.94. The molecule has 2 rings (SSSR count). The summed E-state index contributed by atoms with van der Waals surface area (Å²) in [6, 6.07) is 2.35. The predicted octanol–water partition coefficient (Wildman–Crippen LogP) is 2.05. The molecule has 0 bridgehead atoms. The van der Waals surface area contributed by atoms with Crippen molar-refractivity contribution in [2.24, 2.45) is 0 Å². The smallest absolute Gasteiger partial charge is 0.317 e. The Morgan fingerprint density at radius 1 is 1.20 bits per heavy atom. The number of hydrogen-bond donors (Lipinski definition) is 1. The molecule has 1 fully saturated rings. The van der Waals surface area contributed by atoms with Crippen molar-refractivity contribution in [2.75, 3.05) is 53.4 Å². The van der Waals surface area contributed by atoms with E-state index in [9.17, 15) is 13.6 Å². The Labute approximate surface area is 148 Å². The van der Waals surface area contributed by atoms with Gasteiger partial charge in [0.2, 0.25) is 0 Å². The lowest BCUT2D eigenvalue weighted by Gasteiger charge is -2.34. The molecular formula is C18H28F2N4O. The van der Waals surface area contributed by atoms with Crippen LogP contribution in [0.1, 0.15) is 17.5 Å². The Bertz CT molecular complexity index is 587. The van der Waals surface area contributed by atoms with Gasteiger partial charge in [0, 0.05) is 31.7 Å². The Kier molecular flexibility index (Phi) is 7.13. The number of nitrogens with one attached hydrogen (secondary N) is 1. The third-order valence-electron chi connectivity index (χ3n) is 4.53. The van der Waals surface area contributed by atoms with Crippen LogP contribution in [0.25, 0.3) is 0 Å². The highest BCUT2D eigenvalue weighted by molar-refractivity contribution is 5.74. The number of carbonyl (C=O) groups excluding carboxylic acids is 1. The second-order valence-electron chi connectivity index (χ2n) is 6.80. The monoisotopic (exact) mass is 354 g/mol. The lowest BCUT2D eigenvalue weighted by atomic mass is 10.1. The van der Waals surface area contributed by atoms with Gasteiger partial charge in [-0.25, -0.2) is 13.6 Å². The summed E-state index contributed by atoms with van der Waals surface area (Å²) >= 11 is 0. The van der Waals surface area contributed by atoms with E-state index in [-0.39, 0.29) is 18.1 Å². The third kappa shape index (κ3) is 5.64. The van der Waals surface area contributed by atoms with Crippen LogP contribution < -0.4 is 5.32 Å². The summed E-state index contributed by atoms with van der Waals surface area (Å²) in [7, 11) is 4.12. The van der Waals surface area contributed by atoms with Gasteiger partial charge in [-0.3, -0.25) is 4.90 Å². The number of amides is 2. The van der Waals surface area contributed by atoms with E-state index >= 15 is 0 Å². The van der Waals surface area contributed by atoms with E-state index < -0.39 is 11.6 Å². The first-order valence-corrected chi connectivity index (χ1v) is 8.72. The van der Waals surface area contributed by atoms with Crippen molar-refractivity contribution in [2.45, 2.75) is 19.9 Å². The zero-order valence-electron chi connectivity index (χ0n) is 15.3. The van der Waals surface area contributed by atoms with Crippen LogP contribution in [0, 0.1) is 18.6 Å². The largest absolute Gasteiger partial charge is 0.334 e. The number of hydrogen-bond acceptors (Lipinski definition) is 3. The van der Waals surface area contributed by atoms with E-state index in [0.29, 0.717) is 18.7 Å². The van der Waals surface area contributed by atoms with Crippen molar-refractivity contribution in [3.05, 3.63) is 34.9 Å². The van der Waals surface area contributed by atoms with E-state index in [0.717, 1.165) is 32.6 Å². The summed E-state index contributed by atoms with van der Waals surface area (Å²) in [5.41, 5.74) is 0.285. The molecule has 0 aliphatic carbocycles. The molecule has 1 heterocycles. The van der Waals surface area contributed by atoms with Gasteiger partial charge in [0.15, 0.2) is 0 Å². The predicted molar refractivity (Wildman–Crippen MR) is 94.5 cm³/mol. The summed E-state index contributed by atoms with van der Waals surface area (Å²) in [6.45, 7) is 6.43. The summed E-state index contributed by atoms with van der Waals surface area (Å²) in [4.78, 5) is 18.4. The van der Waals surface area contributed by atoms with E-state index in [1.807, 2.05) is 0 Å². The molecule has 0 aromatic heterocycles. The maximum absolute atomic E-state index is 14.0. The molecule has 0 unspecified atom stereocenters. The van der Waals surface area contributed by atoms with Crippen LogP contribution in [-0.4, -0.2) is 74.1 Å². The lowest BCUT2D eigenvalue weighted by Crippen LogP contribution is -2.51. The summed E-state index contributed by atoms with van der Waals surface area (Å²) in [5, 5.41) is 2.63. The van der Waals surface area contributed by atoms with Gasteiger partial charge in [0.1, 0.15) is 11.6 Å². The molecule has 1 aliphatic heterocycles. The maximum atomic E-state index is 14.0. The van der Waals surface area contributed by atoms with Gasteiger partial charge >= 0.3 is 6.03 Å². The van der Waals surface area contributed by atoms with E-state index in [4.69, 9.17) is 0 Å². The van der Waals surface area contributed by atoms with Crippen LogP contribution >= 0.6 is 0 Å². The minimum Gasteiger partial charge on any atom is -0.334 e. The third-order valence-corrected chi connectivity index (χ3v) is 4.53. The number of nitrogens with zero attached hydrogens (tertiary/aromatic N) is 3. The minimum absolute atomic E-state index is 0.0873. The first-order chi connectivity index (χ1) is 11.9. The molecule has 5 nitrogen and oxygen atoms in total. The standard InChI is InChI=1S/C18H28F2N4O/c1-14-5-6-16(19)15(17(14)20)13-21-18(25)24-11-9-23(10-12-24)8-4-7-22(2)3/h5-6H,4,7-13H2,1-3H3,(H,21,25). The second-order valence-corrected chi connectivity index (χ2v) is 6.80. The molecule has 0 saturated carbocycles. The van der Waals surface area contributed by atoms with Gasteiger partial charge in [-0.15, -0.1) is 0 Å². The van der Waals surface area contributed by atoms with E-state index in [1.54, 1.807) is 11.8 Å². The minimum atomic E-state index is -0.630. The molecule has 1 saturated heterocycles. The first kappa shape index (κ1) is 19.6. The van der Waals surface area contributed by atoms with Crippen LogP contribution in [-0.2, 0) is 6.54 Å². The van der Waals surface area contributed by atoms with Crippen molar-refractivity contribution in [1.82, 2.24) is 20.0 Å². The average Bonchev–Trinajstić information content (AvgIpc) is 2.58. The molecule has 25 heavy (non-hydrogen) atoms.